The van der Waals surface area contributed by atoms with E-state index in [0.717, 1.165) is 41.5 Å². The molecular weight excluding hydrogens is 272 g/mol. The number of aryl methyl sites for hydroxylation is 4. The third kappa shape index (κ3) is 4.27. The Hall–Kier alpha value is -1.96. The molecule has 0 bridgehead atoms. The fourth-order valence-electron chi connectivity index (χ4n) is 2.54. The van der Waals surface area contributed by atoms with Gasteiger partial charge in [0.2, 0.25) is 0 Å². The maximum Gasteiger partial charge on any atom is 0.122 e. The summed E-state index contributed by atoms with van der Waals surface area (Å²) in [6.45, 7) is 10.1. The molecule has 0 aliphatic rings. The second-order valence-electron chi connectivity index (χ2n) is 5.51. The smallest absolute Gasteiger partial charge is 0.122 e. The lowest BCUT2D eigenvalue weighted by Crippen LogP contribution is -1.94. The van der Waals surface area contributed by atoms with Gasteiger partial charge in [-0.1, -0.05) is 51.1 Å². The molecule has 2 N–H and O–H groups in total. The molecule has 0 saturated heterocycles. The second-order valence-corrected chi connectivity index (χ2v) is 5.51. The summed E-state index contributed by atoms with van der Waals surface area (Å²) in [5.41, 5.74) is 5.35. The van der Waals surface area contributed by atoms with Gasteiger partial charge in [0.25, 0.3) is 0 Å². The zero-order valence-corrected chi connectivity index (χ0v) is 14.4. The molecule has 120 valence electrons. The summed E-state index contributed by atoms with van der Waals surface area (Å²) in [7, 11) is 0. The van der Waals surface area contributed by atoms with Crippen LogP contribution >= 0.6 is 0 Å². The van der Waals surface area contributed by atoms with E-state index in [4.69, 9.17) is 0 Å². The van der Waals surface area contributed by atoms with Gasteiger partial charge < -0.3 is 10.2 Å². The van der Waals surface area contributed by atoms with Crippen molar-refractivity contribution in [3.05, 3.63) is 58.1 Å². The molecule has 0 spiro atoms. The molecule has 22 heavy (non-hydrogen) atoms. The van der Waals surface area contributed by atoms with Crippen LogP contribution in [-0.4, -0.2) is 10.2 Å². The minimum Gasteiger partial charge on any atom is -0.507 e. The van der Waals surface area contributed by atoms with Gasteiger partial charge >= 0.3 is 0 Å². The molecule has 2 nitrogen and oxygen atoms in total. The highest BCUT2D eigenvalue weighted by Gasteiger charge is 2.08. The second kappa shape index (κ2) is 8.47. The van der Waals surface area contributed by atoms with Gasteiger partial charge in [-0.05, 0) is 60.9 Å². The van der Waals surface area contributed by atoms with E-state index in [0.29, 0.717) is 11.5 Å². The predicted molar refractivity (Wildman–Crippen MR) is 93.8 cm³/mol. The molecule has 2 heteroatoms. The molecule has 0 saturated carbocycles. The van der Waals surface area contributed by atoms with Crippen molar-refractivity contribution < 1.29 is 10.2 Å². The van der Waals surface area contributed by atoms with Crippen LogP contribution in [-0.2, 0) is 19.3 Å². The lowest BCUT2D eigenvalue weighted by molar-refractivity contribution is 0.461. The molecule has 0 heterocycles. The van der Waals surface area contributed by atoms with Crippen LogP contribution in [0.2, 0.25) is 0 Å². The Balaban J connectivity index is 0.000000235. The number of hydrogen-bond acceptors (Lipinski definition) is 2. The maximum absolute atomic E-state index is 9.90. The van der Waals surface area contributed by atoms with Gasteiger partial charge in [0, 0.05) is 0 Å². The predicted octanol–water partition coefficient (Wildman–Crippen LogP) is 5.09. The number of hydrogen-bond donors (Lipinski definition) is 2. The van der Waals surface area contributed by atoms with E-state index in [1.807, 2.05) is 38.1 Å². The van der Waals surface area contributed by atoms with Crippen molar-refractivity contribution in [1.82, 2.24) is 0 Å². The Morgan fingerprint density at radius 1 is 0.682 bits per heavy atom. The topological polar surface area (TPSA) is 40.5 Å². The van der Waals surface area contributed by atoms with Crippen LogP contribution in [0.25, 0.3) is 0 Å². The zero-order valence-electron chi connectivity index (χ0n) is 14.4. The van der Waals surface area contributed by atoms with Gasteiger partial charge in [0.05, 0.1) is 0 Å². The minimum atomic E-state index is 0.414. The number of para-hydroxylation sites is 1. The summed E-state index contributed by atoms with van der Waals surface area (Å²) in [5, 5.41) is 19.1. The van der Waals surface area contributed by atoms with Crippen molar-refractivity contribution >= 4 is 0 Å². The Bertz CT molecular complexity index is 595. The van der Waals surface area contributed by atoms with Crippen LogP contribution < -0.4 is 0 Å². The first-order chi connectivity index (χ1) is 10.5. The van der Waals surface area contributed by atoms with Gasteiger partial charge in [-0.3, -0.25) is 0 Å². The average Bonchev–Trinajstić information content (AvgIpc) is 2.52. The highest BCUT2D eigenvalue weighted by Crippen LogP contribution is 2.27. The fraction of sp³-hybridized carbons (Fsp3) is 0.400. The Kier molecular flexibility index (Phi) is 6.97. The van der Waals surface area contributed by atoms with Crippen molar-refractivity contribution in [2.75, 3.05) is 0 Å². The van der Waals surface area contributed by atoms with Gasteiger partial charge in [0.1, 0.15) is 11.5 Å². The van der Waals surface area contributed by atoms with Crippen LogP contribution in [0.15, 0.2) is 30.3 Å². The average molecular weight is 300 g/mol. The molecule has 0 radical (unpaired) electrons. The third-order valence-electron chi connectivity index (χ3n) is 4.02. The van der Waals surface area contributed by atoms with Crippen molar-refractivity contribution in [1.29, 1.82) is 0 Å². The molecule has 2 aromatic carbocycles. The van der Waals surface area contributed by atoms with E-state index < -0.39 is 0 Å². The monoisotopic (exact) mass is 300 g/mol. The standard InChI is InChI=1S/C12H18O.C8H10O/c1-4-9-7-8-10(5-2)12(13)11(9)6-3;1-6-4-3-5-7(2)8(6)9/h7-8,13H,4-6H2,1-3H3;3-5,9H,1-2H3. The lowest BCUT2D eigenvalue weighted by atomic mass is 9.97. The summed E-state index contributed by atoms with van der Waals surface area (Å²) >= 11 is 0. The van der Waals surface area contributed by atoms with E-state index in [1.165, 1.54) is 5.56 Å². The number of rotatable bonds is 3. The van der Waals surface area contributed by atoms with E-state index >= 15 is 0 Å². The zero-order chi connectivity index (χ0) is 16.7. The van der Waals surface area contributed by atoms with Crippen LogP contribution in [0.3, 0.4) is 0 Å². The SMILES string of the molecule is CCc1ccc(CC)c(CC)c1O.Cc1cccc(C)c1O. The third-order valence-corrected chi connectivity index (χ3v) is 4.02. The number of aromatic hydroxyl groups is 2. The van der Waals surface area contributed by atoms with Crippen LogP contribution in [0, 0.1) is 13.8 Å². The Morgan fingerprint density at radius 3 is 1.59 bits per heavy atom. The first-order valence-corrected chi connectivity index (χ1v) is 8.03. The van der Waals surface area contributed by atoms with Gasteiger partial charge in [-0.15, -0.1) is 0 Å². The fourth-order valence-corrected chi connectivity index (χ4v) is 2.54. The number of phenols is 2. The van der Waals surface area contributed by atoms with Gasteiger partial charge in [0.15, 0.2) is 0 Å². The molecular formula is C20H28O2. The van der Waals surface area contributed by atoms with Gasteiger partial charge in [-0.2, -0.15) is 0 Å². The highest BCUT2D eigenvalue weighted by molar-refractivity contribution is 5.45. The molecule has 0 fully saturated rings. The maximum atomic E-state index is 9.90. The number of phenolic OH excluding ortho intramolecular Hbond substituents is 2. The molecule has 0 aliphatic carbocycles. The quantitative estimate of drug-likeness (QED) is 0.829. The summed E-state index contributed by atoms with van der Waals surface area (Å²) in [6.07, 6.45) is 2.83. The first-order valence-electron chi connectivity index (χ1n) is 8.03. The molecule has 0 amide bonds. The minimum absolute atomic E-state index is 0.414. The molecule has 0 aromatic heterocycles. The van der Waals surface area contributed by atoms with Crippen molar-refractivity contribution in [3.8, 4) is 11.5 Å². The summed E-state index contributed by atoms with van der Waals surface area (Å²) in [6, 6.07) is 9.89. The highest BCUT2D eigenvalue weighted by atomic mass is 16.3. The van der Waals surface area contributed by atoms with E-state index in [1.54, 1.807) is 0 Å². The molecule has 0 aliphatic heterocycles. The molecule has 0 unspecified atom stereocenters. The van der Waals surface area contributed by atoms with E-state index in [9.17, 15) is 10.2 Å². The summed E-state index contributed by atoms with van der Waals surface area (Å²) in [5.74, 6) is 0.932. The molecule has 2 rings (SSSR count). The largest absolute Gasteiger partial charge is 0.507 e. The number of benzene rings is 2. The van der Waals surface area contributed by atoms with Crippen LogP contribution in [0.1, 0.15) is 48.6 Å². The normalized spacial score (nSPS) is 10.0. The van der Waals surface area contributed by atoms with Gasteiger partial charge in [-0.25, -0.2) is 0 Å². The van der Waals surface area contributed by atoms with Crippen LogP contribution in [0.4, 0.5) is 0 Å². The molecule has 0 atom stereocenters. The Labute approximate surface area is 134 Å². The van der Waals surface area contributed by atoms with Crippen molar-refractivity contribution in [2.45, 2.75) is 53.9 Å². The van der Waals surface area contributed by atoms with Crippen molar-refractivity contribution in [3.63, 3.8) is 0 Å². The van der Waals surface area contributed by atoms with Crippen LogP contribution in [0.5, 0.6) is 11.5 Å². The Morgan fingerprint density at radius 2 is 1.18 bits per heavy atom. The first kappa shape index (κ1) is 18.1. The van der Waals surface area contributed by atoms with Crippen molar-refractivity contribution in [2.24, 2.45) is 0 Å². The summed E-state index contributed by atoms with van der Waals surface area (Å²) < 4.78 is 0. The van der Waals surface area contributed by atoms with E-state index in [-0.39, 0.29) is 0 Å². The van der Waals surface area contributed by atoms with E-state index in [2.05, 4.69) is 26.8 Å². The lowest BCUT2D eigenvalue weighted by Gasteiger charge is -2.11. The summed E-state index contributed by atoms with van der Waals surface area (Å²) in [4.78, 5) is 0. The molecule has 2 aromatic rings.